The molecule has 4 unspecified atom stereocenters. The lowest BCUT2D eigenvalue weighted by Crippen LogP contribution is -2.50. The molecule has 4 atom stereocenters. The second kappa shape index (κ2) is 6.55. The molecule has 3 heteroatoms. The van der Waals surface area contributed by atoms with Crippen LogP contribution in [0.1, 0.15) is 59.8 Å². The molecule has 3 nitrogen and oxygen atoms in total. The van der Waals surface area contributed by atoms with Crippen molar-refractivity contribution in [2.75, 3.05) is 6.61 Å². The minimum Gasteiger partial charge on any atom is -0.464 e. The Kier molecular flexibility index (Phi) is 5.64. The second-order valence-corrected chi connectivity index (χ2v) is 5.90. The van der Waals surface area contributed by atoms with Gasteiger partial charge in [-0.3, -0.25) is 0 Å². The van der Waals surface area contributed by atoms with Crippen LogP contribution in [0.5, 0.6) is 0 Å². The third-order valence-corrected chi connectivity index (χ3v) is 4.30. The van der Waals surface area contributed by atoms with E-state index in [1.165, 1.54) is 0 Å². The quantitative estimate of drug-likeness (QED) is 0.769. The van der Waals surface area contributed by atoms with Crippen molar-refractivity contribution >= 4 is 5.97 Å². The minimum absolute atomic E-state index is 0.0488. The van der Waals surface area contributed by atoms with Gasteiger partial charge in [-0.25, -0.2) is 4.79 Å². The Labute approximate surface area is 111 Å². The number of esters is 1. The van der Waals surface area contributed by atoms with E-state index >= 15 is 0 Å². The van der Waals surface area contributed by atoms with E-state index in [-0.39, 0.29) is 5.92 Å². The summed E-state index contributed by atoms with van der Waals surface area (Å²) >= 11 is 0. The summed E-state index contributed by atoms with van der Waals surface area (Å²) in [6.45, 7) is 8.52. The molecule has 106 valence electrons. The Morgan fingerprint density at radius 3 is 2.50 bits per heavy atom. The fraction of sp³-hybridized carbons (Fsp3) is 0.933. The average molecular weight is 256 g/mol. The largest absolute Gasteiger partial charge is 0.464 e. The van der Waals surface area contributed by atoms with Crippen molar-refractivity contribution < 1.29 is 14.6 Å². The summed E-state index contributed by atoms with van der Waals surface area (Å²) in [4.78, 5) is 12.1. The number of carbonyl (C=O) groups is 1. The average Bonchev–Trinajstić information content (AvgIpc) is 2.29. The molecule has 0 aromatic rings. The molecule has 0 aromatic carbocycles. The molecule has 0 spiro atoms. The summed E-state index contributed by atoms with van der Waals surface area (Å²) < 4.78 is 5.10. The smallest absolute Gasteiger partial charge is 0.338 e. The van der Waals surface area contributed by atoms with Gasteiger partial charge in [-0.05, 0) is 38.0 Å². The van der Waals surface area contributed by atoms with Crippen LogP contribution in [0.2, 0.25) is 0 Å². The standard InChI is InChI=1S/C15H28O3/c1-5-9-15(17,14(16)18-6-2)13-8-7-11(3)10-12(13)4/h11-13,17H,5-10H2,1-4H3. The van der Waals surface area contributed by atoms with Gasteiger partial charge in [0.2, 0.25) is 0 Å². The van der Waals surface area contributed by atoms with E-state index in [1.54, 1.807) is 6.92 Å². The molecular weight excluding hydrogens is 228 g/mol. The number of ether oxygens (including phenoxy) is 1. The first-order chi connectivity index (χ1) is 8.45. The Bertz CT molecular complexity index is 277. The highest BCUT2D eigenvalue weighted by atomic mass is 16.5. The van der Waals surface area contributed by atoms with Crippen LogP contribution in [0.3, 0.4) is 0 Å². The van der Waals surface area contributed by atoms with E-state index in [4.69, 9.17) is 4.74 Å². The Morgan fingerprint density at radius 2 is 2.00 bits per heavy atom. The van der Waals surface area contributed by atoms with E-state index in [9.17, 15) is 9.90 Å². The van der Waals surface area contributed by atoms with Gasteiger partial charge in [-0.2, -0.15) is 0 Å². The zero-order chi connectivity index (χ0) is 13.8. The Morgan fingerprint density at radius 1 is 1.33 bits per heavy atom. The third-order valence-electron chi connectivity index (χ3n) is 4.30. The molecule has 0 aromatic heterocycles. The van der Waals surface area contributed by atoms with E-state index in [0.29, 0.717) is 24.9 Å². The van der Waals surface area contributed by atoms with Crippen LogP contribution in [0.4, 0.5) is 0 Å². The summed E-state index contributed by atoms with van der Waals surface area (Å²) in [5, 5.41) is 10.8. The van der Waals surface area contributed by atoms with Crippen LogP contribution >= 0.6 is 0 Å². The molecule has 1 N–H and O–H groups in total. The monoisotopic (exact) mass is 256 g/mol. The van der Waals surface area contributed by atoms with Crippen molar-refractivity contribution in [2.45, 2.75) is 65.4 Å². The highest BCUT2D eigenvalue weighted by Crippen LogP contribution is 2.42. The lowest BCUT2D eigenvalue weighted by molar-refractivity contribution is -0.177. The molecule has 1 aliphatic rings. The predicted octanol–water partition coefficient (Wildman–Crippen LogP) is 3.15. The highest BCUT2D eigenvalue weighted by Gasteiger charge is 2.47. The van der Waals surface area contributed by atoms with Crippen molar-refractivity contribution in [3.05, 3.63) is 0 Å². The Hall–Kier alpha value is -0.570. The molecule has 0 saturated heterocycles. The third kappa shape index (κ3) is 3.25. The molecule has 1 fully saturated rings. The van der Waals surface area contributed by atoms with Crippen LogP contribution in [0, 0.1) is 17.8 Å². The van der Waals surface area contributed by atoms with Gasteiger partial charge in [0, 0.05) is 5.92 Å². The van der Waals surface area contributed by atoms with Crippen molar-refractivity contribution in [2.24, 2.45) is 17.8 Å². The van der Waals surface area contributed by atoms with Gasteiger partial charge in [0.25, 0.3) is 0 Å². The van der Waals surface area contributed by atoms with E-state index in [0.717, 1.165) is 25.7 Å². The van der Waals surface area contributed by atoms with E-state index in [1.807, 2.05) is 6.92 Å². The summed E-state index contributed by atoms with van der Waals surface area (Å²) in [6.07, 6.45) is 4.43. The van der Waals surface area contributed by atoms with Gasteiger partial charge >= 0.3 is 5.97 Å². The zero-order valence-corrected chi connectivity index (χ0v) is 12.2. The molecule has 1 saturated carbocycles. The molecule has 18 heavy (non-hydrogen) atoms. The van der Waals surface area contributed by atoms with Gasteiger partial charge in [-0.1, -0.05) is 33.6 Å². The lowest BCUT2D eigenvalue weighted by atomic mass is 9.66. The molecular formula is C15H28O3. The van der Waals surface area contributed by atoms with Crippen LogP contribution in [0.25, 0.3) is 0 Å². The van der Waals surface area contributed by atoms with Gasteiger partial charge in [0.15, 0.2) is 5.60 Å². The Balaban J connectivity index is 2.85. The molecule has 0 radical (unpaired) electrons. The topological polar surface area (TPSA) is 46.5 Å². The maximum atomic E-state index is 12.1. The molecule has 1 rings (SSSR count). The number of aliphatic hydroxyl groups is 1. The normalized spacial score (nSPS) is 31.7. The zero-order valence-electron chi connectivity index (χ0n) is 12.2. The number of rotatable bonds is 5. The SMILES string of the molecule is CCCC(O)(C(=O)OCC)C1CCC(C)CC1C. The number of hydrogen-bond donors (Lipinski definition) is 1. The van der Waals surface area contributed by atoms with Crippen LogP contribution in [0.15, 0.2) is 0 Å². The first-order valence-corrected chi connectivity index (χ1v) is 7.35. The van der Waals surface area contributed by atoms with Gasteiger partial charge in [0.05, 0.1) is 6.61 Å². The second-order valence-electron chi connectivity index (χ2n) is 5.90. The van der Waals surface area contributed by atoms with Crippen molar-refractivity contribution in [3.63, 3.8) is 0 Å². The molecule has 0 heterocycles. The maximum Gasteiger partial charge on any atom is 0.338 e. The number of hydrogen-bond acceptors (Lipinski definition) is 3. The fourth-order valence-electron chi connectivity index (χ4n) is 3.45. The summed E-state index contributed by atoms with van der Waals surface area (Å²) in [6, 6.07) is 0. The van der Waals surface area contributed by atoms with Crippen LogP contribution in [-0.2, 0) is 9.53 Å². The van der Waals surface area contributed by atoms with Gasteiger partial charge < -0.3 is 9.84 Å². The lowest BCUT2D eigenvalue weighted by Gasteiger charge is -2.42. The summed E-state index contributed by atoms with van der Waals surface area (Å²) in [5.41, 5.74) is -1.27. The number of carbonyl (C=O) groups excluding carboxylic acids is 1. The molecule has 0 aliphatic heterocycles. The fourth-order valence-corrected chi connectivity index (χ4v) is 3.45. The molecule has 0 bridgehead atoms. The first-order valence-electron chi connectivity index (χ1n) is 7.35. The van der Waals surface area contributed by atoms with Crippen molar-refractivity contribution in [3.8, 4) is 0 Å². The summed E-state index contributed by atoms with van der Waals surface area (Å²) in [7, 11) is 0. The summed E-state index contributed by atoms with van der Waals surface area (Å²) in [5.74, 6) is 0.713. The molecule has 1 aliphatic carbocycles. The first kappa shape index (κ1) is 15.5. The van der Waals surface area contributed by atoms with Crippen LogP contribution in [-0.4, -0.2) is 23.3 Å². The van der Waals surface area contributed by atoms with Crippen LogP contribution < -0.4 is 0 Å². The van der Waals surface area contributed by atoms with E-state index < -0.39 is 11.6 Å². The maximum absolute atomic E-state index is 12.1. The van der Waals surface area contributed by atoms with Gasteiger partial charge in [-0.15, -0.1) is 0 Å². The highest BCUT2D eigenvalue weighted by molar-refractivity contribution is 5.79. The van der Waals surface area contributed by atoms with Gasteiger partial charge in [0.1, 0.15) is 0 Å². The van der Waals surface area contributed by atoms with Crippen molar-refractivity contribution in [1.29, 1.82) is 0 Å². The minimum atomic E-state index is -1.27. The molecule has 0 amide bonds. The van der Waals surface area contributed by atoms with E-state index in [2.05, 4.69) is 13.8 Å². The van der Waals surface area contributed by atoms with Crippen molar-refractivity contribution in [1.82, 2.24) is 0 Å². The predicted molar refractivity (Wildman–Crippen MR) is 72.2 cm³/mol.